The van der Waals surface area contributed by atoms with E-state index in [4.69, 9.17) is 0 Å². The second kappa shape index (κ2) is 5.41. The smallest absolute Gasteiger partial charge is 0.266 e. The van der Waals surface area contributed by atoms with Crippen molar-refractivity contribution in [3.63, 3.8) is 0 Å². The van der Waals surface area contributed by atoms with Crippen LogP contribution in [-0.2, 0) is 20.2 Å². The van der Waals surface area contributed by atoms with E-state index < -0.39 is 20.2 Å². The van der Waals surface area contributed by atoms with E-state index in [0.717, 1.165) is 4.31 Å². The molecule has 0 unspecified atom stereocenters. The van der Waals surface area contributed by atoms with Gasteiger partial charge in [-0.2, -0.15) is 26.4 Å². The van der Waals surface area contributed by atoms with Crippen molar-refractivity contribution >= 4 is 20.2 Å². The van der Waals surface area contributed by atoms with E-state index in [1.807, 2.05) is 0 Å². The van der Waals surface area contributed by atoms with Gasteiger partial charge in [0.2, 0.25) is 0 Å². The summed E-state index contributed by atoms with van der Waals surface area (Å²) >= 11 is 0. The summed E-state index contributed by atoms with van der Waals surface area (Å²) in [6.45, 7) is 0.505. The first-order valence-corrected chi connectivity index (χ1v) is 8.77. The van der Waals surface area contributed by atoms with Gasteiger partial charge in [-0.25, -0.2) is 8.42 Å². The fourth-order valence-corrected chi connectivity index (χ4v) is 4.31. The molecule has 0 bridgehead atoms. The summed E-state index contributed by atoms with van der Waals surface area (Å²) in [5.74, 6) is 0. The summed E-state index contributed by atoms with van der Waals surface area (Å²) in [5, 5.41) is 6.05. The van der Waals surface area contributed by atoms with Crippen molar-refractivity contribution in [1.82, 2.24) is 23.1 Å². The maximum absolute atomic E-state index is 12.2. The van der Waals surface area contributed by atoms with E-state index in [1.165, 1.54) is 35.0 Å². The van der Waals surface area contributed by atoms with Crippen LogP contribution >= 0.6 is 0 Å². The summed E-state index contributed by atoms with van der Waals surface area (Å²) in [6, 6.07) is 1.37. The Bertz CT molecular complexity index is 645. The molecule has 1 aliphatic heterocycles. The largest absolute Gasteiger partial charge is 0.281 e. The van der Waals surface area contributed by atoms with Crippen LogP contribution in [0.3, 0.4) is 0 Å². The van der Waals surface area contributed by atoms with Crippen LogP contribution < -0.4 is 0 Å². The number of sulfonamides is 1. The zero-order valence-electron chi connectivity index (χ0n) is 11.2. The van der Waals surface area contributed by atoms with E-state index in [0.29, 0.717) is 0 Å². The number of rotatable bonds is 4. The Kier molecular flexibility index (Phi) is 4.16. The highest BCUT2D eigenvalue weighted by molar-refractivity contribution is 7.89. The third kappa shape index (κ3) is 2.72. The average molecular weight is 323 g/mol. The van der Waals surface area contributed by atoms with Crippen LogP contribution in [0.5, 0.6) is 0 Å². The molecule has 2 rings (SSSR count). The van der Waals surface area contributed by atoms with E-state index in [9.17, 15) is 16.8 Å². The second-order valence-corrected chi connectivity index (χ2v) is 8.56. The summed E-state index contributed by atoms with van der Waals surface area (Å²) in [6.07, 6.45) is 1.36. The molecule has 1 aromatic heterocycles. The summed E-state index contributed by atoms with van der Waals surface area (Å²) < 4.78 is 51.9. The van der Waals surface area contributed by atoms with Crippen molar-refractivity contribution in [1.29, 1.82) is 0 Å². The molecule has 9 nitrogen and oxygen atoms in total. The quantitative estimate of drug-likeness (QED) is 0.727. The zero-order chi connectivity index (χ0) is 15.0. The van der Waals surface area contributed by atoms with Crippen molar-refractivity contribution in [2.45, 2.75) is 5.03 Å². The first-order valence-electron chi connectivity index (χ1n) is 5.93. The Labute approximate surface area is 118 Å². The minimum Gasteiger partial charge on any atom is -0.266 e. The lowest BCUT2D eigenvalue weighted by Gasteiger charge is -2.34. The average Bonchev–Trinajstić information content (AvgIpc) is 2.93. The van der Waals surface area contributed by atoms with Crippen LogP contribution in [0, 0.1) is 0 Å². The van der Waals surface area contributed by atoms with Crippen LogP contribution in [0.2, 0.25) is 0 Å². The number of aromatic nitrogens is 2. The molecule has 0 radical (unpaired) electrons. The molecule has 2 heterocycles. The molecule has 0 aromatic carbocycles. The van der Waals surface area contributed by atoms with Crippen molar-refractivity contribution in [2.24, 2.45) is 0 Å². The number of hydrogen-bond acceptors (Lipinski definition) is 5. The molecule has 1 aliphatic rings. The zero-order valence-corrected chi connectivity index (χ0v) is 12.9. The lowest BCUT2D eigenvalue weighted by atomic mass is 10.4. The maximum atomic E-state index is 12.2. The van der Waals surface area contributed by atoms with Gasteiger partial charge in [0.25, 0.3) is 20.2 Å². The lowest BCUT2D eigenvalue weighted by molar-refractivity contribution is 0.262. The van der Waals surface area contributed by atoms with Gasteiger partial charge in [0.15, 0.2) is 5.03 Å². The highest BCUT2D eigenvalue weighted by atomic mass is 32.2. The number of H-pyrrole nitrogens is 1. The number of nitrogens with zero attached hydrogens (tertiary/aromatic N) is 4. The normalized spacial score (nSPS) is 19.6. The number of nitrogens with one attached hydrogen (secondary N) is 1. The first-order chi connectivity index (χ1) is 9.26. The summed E-state index contributed by atoms with van der Waals surface area (Å²) in [4.78, 5) is 0. The molecule has 1 fully saturated rings. The standard InChI is InChI=1S/C9H17N5O4S2/c1-12(2)20(17,18)14-7-5-13(6-8-14)19(15,16)9-3-4-10-11-9/h3-4H,5-8H2,1-2H3,(H,10,11). The topological polar surface area (TPSA) is 107 Å². The van der Waals surface area contributed by atoms with E-state index >= 15 is 0 Å². The predicted octanol–water partition coefficient (Wildman–Crippen LogP) is -1.48. The maximum Gasteiger partial charge on any atom is 0.281 e. The molecular formula is C9H17N5O4S2. The fraction of sp³-hybridized carbons (Fsp3) is 0.667. The van der Waals surface area contributed by atoms with Gasteiger partial charge in [0.1, 0.15) is 0 Å². The monoisotopic (exact) mass is 323 g/mol. The van der Waals surface area contributed by atoms with Gasteiger partial charge in [0, 0.05) is 40.3 Å². The third-order valence-electron chi connectivity index (χ3n) is 3.08. The van der Waals surface area contributed by atoms with Gasteiger partial charge in [0.05, 0.1) is 6.20 Å². The molecule has 1 saturated heterocycles. The third-order valence-corrected chi connectivity index (χ3v) is 6.85. The first kappa shape index (κ1) is 15.4. The van der Waals surface area contributed by atoms with Gasteiger partial charge in [-0.3, -0.25) is 5.10 Å². The van der Waals surface area contributed by atoms with Crippen molar-refractivity contribution in [3.05, 3.63) is 12.3 Å². The number of piperazine rings is 1. The molecule has 0 amide bonds. The molecular weight excluding hydrogens is 306 g/mol. The van der Waals surface area contributed by atoms with Gasteiger partial charge >= 0.3 is 0 Å². The predicted molar refractivity (Wildman–Crippen MR) is 71.5 cm³/mol. The highest BCUT2D eigenvalue weighted by Crippen LogP contribution is 2.17. The Balaban J connectivity index is 2.09. The molecule has 11 heteroatoms. The molecule has 1 N–H and O–H groups in total. The fourth-order valence-electron chi connectivity index (χ4n) is 1.90. The van der Waals surface area contributed by atoms with Crippen molar-refractivity contribution < 1.29 is 16.8 Å². The molecule has 0 aliphatic carbocycles. The van der Waals surface area contributed by atoms with Crippen LogP contribution in [0.1, 0.15) is 0 Å². The molecule has 0 saturated carbocycles. The van der Waals surface area contributed by atoms with Crippen LogP contribution in [0.15, 0.2) is 17.3 Å². The van der Waals surface area contributed by atoms with E-state index in [2.05, 4.69) is 10.2 Å². The highest BCUT2D eigenvalue weighted by Gasteiger charge is 2.34. The Hall–Kier alpha value is -1.01. The van der Waals surface area contributed by atoms with Gasteiger partial charge in [-0.05, 0) is 6.07 Å². The Morgan fingerprint density at radius 3 is 2.10 bits per heavy atom. The van der Waals surface area contributed by atoms with Crippen LogP contribution in [0.25, 0.3) is 0 Å². The van der Waals surface area contributed by atoms with Gasteiger partial charge in [-0.15, -0.1) is 0 Å². The molecule has 20 heavy (non-hydrogen) atoms. The molecule has 0 atom stereocenters. The van der Waals surface area contributed by atoms with E-state index in [-0.39, 0.29) is 31.2 Å². The van der Waals surface area contributed by atoms with Gasteiger partial charge in [-0.1, -0.05) is 0 Å². The molecule has 114 valence electrons. The second-order valence-electron chi connectivity index (χ2n) is 4.51. The summed E-state index contributed by atoms with van der Waals surface area (Å²) in [5.41, 5.74) is 0. The lowest BCUT2D eigenvalue weighted by Crippen LogP contribution is -2.52. The van der Waals surface area contributed by atoms with E-state index in [1.54, 1.807) is 0 Å². The number of hydrogen-bond donors (Lipinski definition) is 1. The Morgan fingerprint density at radius 1 is 1.10 bits per heavy atom. The minimum absolute atomic E-state index is 0.0152. The molecule has 1 aromatic rings. The molecule has 0 spiro atoms. The summed E-state index contributed by atoms with van der Waals surface area (Å²) in [7, 11) is -4.23. The number of aromatic amines is 1. The Morgan fingerprint density at radius 2 is 1.65 bits per heavy atom. The SMILES string of the molecule is CN(C)S(=O)(=O)N1CCN(S(=O)(=O)c2ccn[nH]2)CC1. The van der Waals surface area contributed by atoms with Crippen molar-refractivity contribution in [3.8, 4) is 0 Å². The van der Waals surface area contributed by atoms with Gasteiger partial charge < -0.3 is 0 Å². The van der Waals surface area contributed by atoms with Crippen LogP contribution in [0.4, 0.5) is 0 Å². The van der Waals surface area contributed by atoms with Crippen LogP contribution in [-0.4, -0.2) is 80.2 Å². The minimum atomic E-state index is -3.63. The van der Waals surface area contributed by atoms with Crippen molar-refractivity contribution in [2.75, 3.05) is 40.3 Å².